The highest BCUT2D eigenvalue weighted by Gasteiger charge is 2.14. The molecule has 2 aromatic rings. The maximum Gasteiger partial charge on any atom is 0.123 e. The van der Waals surface area contributed by atoms with Crippen LogP contribution in [0.15, 0.2) is 42.5 Å². The summed E-state index contributed by atoms with van der Waals surface area (Å²) in [6.45, 7) is 0. The van der Waals surface area contributed by atoms with E-state index in [1.54, 1.807) is 18.2 Å². The van der Waals surface area contributed by atoms with Crippen molar-refractivity contribution in [2.45, 2.75) is 11.8 Å². The number of benzene rings is 2. The lowest BCUT2D eigenvalue weighted by Crippen LogP contribution is -1.97. The Bertz CT molecular complexity index is 537. The Morgan fingerprint density at radius 3 is 2.33 bits per heavy atom. The lowest BCUT2D eigenvalue weighted by molar-refractivity contribution is 0.627. The number of hydrogen-bond donors (Lipinski definition) is 0. The van der Waals surface area contributed by atoms with Crippen LogP contribution in [0.1, 0.15) is 16.5 Å². The van der Waals surface area contributed by atoms with Gasteiger partial charge in [-0.2, -0.15) is 0 Å². The monoisotopic (exact) mass is 302 g/mol. The second-order valence-electron chi connectivity index (χ2n) is 3.94. The van der Waals surface area contributed by atoms with Crippen LogP contribution in [0, 0.1) is 5.82 Å². The molecule has 0 aliphatic heterocycles. The largest absolute Gasteiger partial charge is 0.207 e. The van der Waals surface area contributed by atoms with Crippen molar-refractivity contribution < 1.29 is 4.39 Å². The van der Waals surface area contributed by atoms with Gasteiger partial charge in [0, 0.05) is 0 Å². The average Bonchev–Trinajstić information content (AvgIpc) is 2.35. The van der Waals surface area contributed by atoms with E-state index in [0.29, 0.717) is 16.5 Å². The smallest absolute Gasteiger partial charge is 0.123 e. The molecule has 0 aliphatic carbocycles. The average molecular weight is 304 g/mol. The van der Waals surface area contributed by atoms with Crippen molar-refractivity contribution in [3.8, 4) is 0 Å². The van der Waals surface area contributed by atoms with E-state index < -0.39 is 0 Å². The van der Waals surface area contributed by atoms with Crippen LogP contribution in [0.4, 0.5) is 4.39 Å². The van der Waals surface area contributed by atoms with Crippen LogP contribution in [0.5, 0.6) is 0 Å². The van der Waals surface area contributed by atoms with Gasteiger partial charge in [-0.3, -0.25) is 0 Å². The highest BCUT2D eigenvalue weighted by atomic mass is 35.5. The van der Waals surface area contributed by atoms with Crippen molar-refractivity contribution in [1.82, 2.24) is 0 Å². The Morgan fingerprint density at radius 2 is 1.67 bits per heavy atom. The molecule has 0 bridgehead atoms. The van der Waals surface area contributed by atoms with Gasteiger partial charge in [-0.25, -0.2) is 4.39 Å². The fraction of sp³-hybridized carbons (Fsp3) is 0.143. The van der Waals surface area contributed by atoms with Crippen molar-refractivity contribution >= 4 is 34.8 Å². The molecule has 0 spiro atoms. The molecule has 0 N–H and O–H groups in total. The summed E-state index contributed by atoms with van der Waals surface area (Å²) in [6, 6.07) is 11.6. The van der Waals surface area contributed by atoms with Crippen molar-refractivity contribution in [3.05, 3.63) is 69.5 Å². The second-order valence-corrected chi connectivity index (χ2v) is 5.25. The zero-order valence-electron chi connectivity index (χ0n) is 9.34. The SMILES string of the molecule is Fc1ccc(CC(Cl)c2cccc(Cl)c2Cl)cc1. The Kier molecular flexibility index (Phi) is 4.50. The second kappa shape index (κ2) is 5.92. The molecule has 1 atom stereocenters. The predicted molar refractivity (Wildman–Crippen MR) is 75.2 cm³/mol. The molecule has 4 heteroatoms. The molecule has 0 nitrogen and oxygen atoms in total. The summed E-state index contributed by atoms with van der Waals surface area (Å²) in [5, 5.41) is 0.668. The maximum atomic E-state index is 12.8. The van der Waals surface area contributed by atoms with Gasteiger partial charge in [-0.1, -0.05) is 47.5 Å². The molecule has 0 saturated heterocycles. The van der Waals surface area contributed by atoms with Crippen LogP contribution in [0.2, 0.25) is 10.0 Å². The minimum Gasteiger partial charge on any atom is -0.207 e. The van der Waals surface area contributed by atoms with E-state index in [1.165, 1.54) is 12.1 Å². The van der Waals surface area contributed by atoms with E-state index >= 15 is 0 Å². The van der Waals surface area contributed by atoms with E-state index in [9.17, 15) is 4.39 Å². The Morgan fingerprint density at radius 1 is 1.00 bits per heavy atom. The first-order chi connectivity index (χ1) is 8.58. The first kappa shape index (κ1) is 13.7. The molecule has 94 valence electrons. The van der Waals surface area contributed by atoms with Crippen molar-refractivity contribution in [1.29, 1.82) is 0 Å². The fourth-order valence-corrected chi connectivity index (χ4v) is 2.56. The summed E-state index contributed by atoms with van der Waals surface area (Å²) < 4.78 is 12.8. The maximum absolute atomic E-state index is 12.8. The third kappa shape index (κ3) is 3.17. The summed E-state index contributed by atoms with van der Waals surface area (Å²) in [5.74, 6) is -0.259. The van der Waals surface area contributed by atoms with Gasteiger partial charge in [0.1, 0.15) is 5.82 Å². The zero-order valence-corrected chi connectivity index (χ0v) is 11.6. The summed E-state index contributed by atoms with van der Waals surface area (Å²) in [4.78, 5) is 0. The molecule has 0 fully saturated rings. The molecule has 0 aliphatic rings. The van der Waals surface area contributed by atoms with Crippen LogP contribution >= 0.6 is 34.8 Å². The van der Waals surface area contributed by atoms with Gasteiger partial charge < -0.3 is 0 Å². The van der Waals surface area contributed by atoms with Gasteiger partial charge in [0.15, 0.2) is 0 Å². The first-order valence-corrected chi connectivity index (χ1v) is 6.59. The standard InChI is InChI=1S/C14H10Cl3F/c15-12-3-1-2-11(14(12)17)13(16)8-9-4-6-10(18)7-5-9/h1-7,13H,8H2. The van der Waals surface area contributed by atoms with Crippen LogP contribution in [0.25, 0.3) is 0 Å². The van der Waals surface area contributed by atoms with Gasteiger partial charge in [-0.15, -0.1) is 11.6 Å². The summed E-state index contributed by atoms with van der Waals surface area (Å²) >= 11 is 18.4. The topological polar surface area (TPSA) is 0 Å². The normalized spacial score (nSPS) is 12.4. The molecule has 2 aromatic carbocycles. The van der Waals surface area contributed by atoms with Gasteiger partial charge in [0.2, 0.25) is 0 Å². The van der Waals surface area contributed by atoms with Crippen molar-refractivity contribution in [2.24, 2.45) is 0 Å². The number of halogens is 4. The molecule has 18 heavy (non-hydrogen) atoms. The lowest BCUT2D eigenvalue weighted by Gasteiger charge is -2.12. The molecule has 0 radical (unpaired) electrons. The molecular formula is C14H10Cl3F. The Hall–Kier alpha value is -0.760. The molecule has 1 unspecified atom stereocenters. The quantitative estimate of drug-likeness (QED) is 0.642. The zero-order chi connectivity index (χ0) is 13.1. The van der Waals surface area contributed by atoms with Crippen LogP contribution in [-0.4, -0.2) is 0 Å². The minimum atomic E-state index is -0.290. The van der Waals surface area contributed by atoms with Crippen molar-refractivity contribution in [3.63, 3.8) is 0 Å². The predicted octanol–water partition coefficient (Wildman–Crippen LogP) is 5.66. The van der Waals surface area contributed by atoms with E-state index in [0.717, 1.165) is 11.1 Å². The molecule has 0 aromatic heterocycles. The molecule has 0 amide bonds. The lowest BCUT2D eigenvalue weighted by atomic mass is 10.0. The van der Waals surface area contributed by atoms with Gasteiger partial charge in [-0.05, 0) is 35.7 Å². The Balaban J connectivity index is 2.19. The molecule has 0 heterocycles. The van der Waals surface area contributed by atoms with Crippen LogP contribution in [-0.2, 0) is 6.42 Å². The van der Waals surface area contributed by atoms with Gasteiger partial charge >= 0.3 is 0 Å². The minimum absolute atomic E-state index is 0.259. The van der Waals surface area contributed by atoms with Gasteiger partial charge in [0.25, 0.3) is 0 Å². The van der Waals surface area contributed by atoms with E-state index in [2.05, 4.69) is 0 Å². The number of alkyl halides is 1. The number of hydrogen-bond acceptors (Lipinski definition) is 0. The third-order valence-electron chi connectivity index (χ3n) is 2.65. The van der Waals surface area contributed by atoms with Crippen LogP contribution in [0.3, 0.4) is 0 Å². The molecular weight excluding hydrogens is 294 g/mol. The molecule has 0 saturated carbocycles. The molecule has 2 rings (SSSR count). The van der Waals surface area contributed by atoms with Gasteiger partial charge in [0.05, 0.1) is 15.4 Å². The third-order valence-corrected chi connectivity index (χ3v) is 3.87. The first-order valence-electron chi connectivity index (χ1n) is 5.40. The van der Waals surface area contributed by atoms with E-state index in [1.807, 2.05) is 12.1 Å². The number of rotatable bonds is 3. The van der Waals surface area contributed by atoms with Crippen LogP contribution < -0.4 is 0 Å². The Labute approximate surface area is 120 Å². The summed E-state index contributed by atoms with van der Waals surface area (Å²) in [5.41, 5.74) is 1.74. The highest BCUT2D eigenvalue weighted by Crippen LogP contribution is 2.34. The highest BCUT2D eigenvalue weighted by molar-refractivity contribution is 6.43. The summed E-state index contributed by atoms with van der Waals surface area (Å²) in [7, 11) is 0. The van der Waals surface area contributed by atoms with Crippen molar-refractivity contribution in [2.75, 3.05) is 0 Å². The van der Waals surface area contributed by atoms with E-state index in [-0.39, 0.29) is 11.2 Å². The fourth-order valence-electron chi connectivity index (χ4n) is 1.70. The van der Waals surface area contributed by atoms with E-state index in [4.69, 9.17) is 34.8 Å². The summed E-state index contributed by atoms with van der Waals surface area (Å²) in [6.07, 6.45) is 0.571.